The summed E-state index contributed by atoms with van der Waals surface area (Å²) in [5, 5.41) is 10.4. The van der Waals surface area contributed by atoms with Crippen molar-refractivity contribution in [3.63, 3.8) is 0 Å². The molecule has 2 amide bonds. The first-order chi connectivity index (χ1) is 8.97. The van der Waals surface area contributed by atoms with Crippen LogP contribution in [0.1, 0.15) is 10.5 Å². The van der Waals surface area contributed by atoms with E-state index in [4.69, 9.17) is 5.73 Å². The average Bonchev–Trinajstić information content (AvgIpc) is 2.85. The number of nitrogens with two attached hydrogens (primary N) is 1. The van der Waals surface area contributed by atoms with E-state index in [-0.39, 0.29) is 23.8 Å². The molecule has 0 fully saturated rings. The fourth-order valence-corrected chi connectivity index (χ4v) is 1.91. The van der Waals surface area contributed by atoms with E-state index in [0.29, 0.717) is 0 Å². The van der Waals surface area contributed by atoms with Crippen molar-refractivity contribution in [2.24, 2.45) is 12.8 Å². The molecular formula is C10H11BrN6O2. The topological polar surface area (TPSA) is 108 Å². The number of nitrogens with one attached hydrogen (secondary N) is 1. The van der Waals surface area contributed by atoms with Crippen LogP contribution in [-0.4, -0.2) is 31.4 Å². The van der Waals surface area contributed by atoms with Gasteiger partial charge >= 0.3 is 0 Å². The van der Waals surface area contributed by atoms with Crippen molar-refractivity contribution in [2.45, 2.75) is 6.54 Å². The minimum Gasteiger partial charge on any atom is -0.364 e. The number of carbonyl (C=O) groups excluding carboxylic acids is 2. The molecule has 0 radical (unpaired) electrons. The first-order valence-corrected chi connectivity index (χ1v) is 6.06. The van der Waals surface area contributed by atoms with Crippen LogP contribution in [0.15, 0.2) is 23.1 Å². The molecule has 0 aliphatic rings. The number of aryl methyl sites for hydroxylation is 1. The fraction of sp³-hybridized carbons (Fsp3) is 0.200. The van der Waals surface area contributed by atoms with Crippen molar-refractivity contribution >= 4 is 33.4 Å². The van der Waals surface area contributed by atoms with Crippen LogP contribution in [0.2, 0.25) is 0 Å². The summed E-state index contributed by atoms with van der Waals surface area (Å²) in [5.74, 6) is -0.983. The highest BCUT2D eigenvalue weighted by Crippen LogP contribution is 2.13. The van der Waals surface area contributed by atoms with Gasteiger partial charge in [-0.1, -0.05) is 0 Å². The number of aromatic nitrogens is 4. The maximum absolute atomic E-state index is 11.8. The summed E-state index contributed by atoms with van der Waals surface area (Å²) < 4.78 is 3.54. The van der Waals surface area contributed by atoms with E-state index in [2.05, 4.69) is 31.4 Å². The second kappa shape index (κ2) is 5.22. The number of anilines is 1. The Balaban J connectivity index is 2.09. The summed E-state index contributed by atoms with van der Waals surface area (Å²) in [5.41, 5.74) is 5.65. The molecule has 0 saturated carbocycles. The molecule has 2 rings (SSSR count). The zero-order valence-electron chi connectivity index (χ0n) is 10.00. The van der Waals surface area contributed by atoms with Gasteiger partial charge in [0.1, 0.15) is 12.2 Å². The number of primary amides is 1. The van der Waals surface area contributed by atoms with E-state index in [1.807, 2.05) is 0 Å². The fourth-order valence-electron chi connectivity index (χ4n) is 1.58. The molecule has 3 N–H and O–H groups in total. The number of amides is 2. The van der Waals surface area contributed by atoms with E-state index in [1.165, 1.54) is 15.6 Å². The van der Waals surface area contributed by atoms with Crippen molar-refractivity contribution in [3.05, 3.63) is 28.8 Å². The molecule has 2 aromatic rings. The van der Waals surface area contributed by atoms with Gasteiger partial charge in [-0.05, 0) is 15.9 Å². The van der Waals surface area contributed by atoms with Gasteiger partial charge in [-0.3, -0.25) is 19.0 Å². The Kier molecular flexibility index (Phi) is 3.65. The minimum absolute atomic E-state index is 0.0265. The highest BCUT2D eigenvalue weighted by atomic mass is 79.9. The summed E-state index contributed by atoms with van der Waals surface area (Å²) in [4.78, 5) is 23.0. The van der Waals surface area contributed by atoms with Gasteiger partial charge in [-0.25, -0.2) is 0 Å². The molecule has 2 heterocycles. The average molecular weight is 327 g/mol. The molecule has 9 heteroatoms. The maximum atomic E-state index is 11.8. The largest absolute Gasteiger partial charge is 0.364 e. The van der Waals surface area contributed by atoms with Crippen LogP contribution in [-0.2, 0) is 18.4 Å². The van der Waals surface area contributed by atoms with Gasteiger partial charge < -0.3 is 11.1 Å². The summed E-state index contributed by atoms with van der Waals surface area (Å²) >= 11 is 3.23. The van der Waals surface area contributed by atoms with E-state index in [0.717, 1.165) is 4.47 Å². The van der Waals surface area contributed by atoms with Crippen molar-refractivity contribution in [1.29, 1.82) is 0 Å². The Morgan fingerprint density at radius 3 is 2.74 bits per heavy atom. The van der Waals surface area contributed by atoms with Crippen molar-refractivity contribution in [1.82, 2.24) is 19.6 Å². The predicted octanol–water partition coefficient (Wildman–Crippen LogP) is 0.117. The lowest BCUT2D eigenvalue weighted by Gasteiger charge is -2.05. The summed E-state index contributed by atoms with van der Waals surface area (Å²) in [7, 11) is 1.57. The molecule has 0 spiro atoms. The third-order valence-corrected chi connectivity index (χ3v) is 2.76. The molecular weight excluding hydrogens is 316 g/mol. The Hall–Kier alpha value is -2.16. The first kappa shape index (κ1) is 13.3. The van der Waals surface area contributed by atoms with Gasteiger partial charge in [0.2, 0.25) is 5.91 Å². The molecule has 0 aromatic carbocycles. The van der Waals surface area contributed by atoms with Gasteiger partial charge in [-0.2, -0.15) is 10.2 Å². The standard InChI is InChI=1S/C10H11BrN6O2/c1-16-9(10(12)19)7(3-13-16)15-8(18)5-17-4-6(11)2-14-17/h2-4H,5H2,1H3,(H2,12,19)(H,15,18). The lowest BCUT2D eigenvalue weighted by Crippen LogP contribution is -2.22. The Bertz CT molecular complexity index is 632. The monoisotopic (exact) mass is 326 g/mol. The van der Waals surface area contributed by atoms with Crippen molar-refractivity contribution in [3.8, 4) is 0 Å². The zero-order chi connectivity index (χ0) is 14.0. The Morgan fingerprint density at radius 2 is 2.16 bits per heavy atom. The maximum Gasteiger partial charge on any atom is 0.269 e. The van der Waals surface area contributed by atoms with Gasteiger partial charge in [-0.15, -0.1) is 0 Å². The van der Waals surface area contributed by atoms with E-state index >= 15 is 0 Å². The second-order valence-corrected chi connectivity index (χ2v) is 4.71. The van der Waals surface area contributed by atoms with E-state index < -0.39 is 5.91 Å². The Labute approximate surface area is 116 Å². The number of halogens is 1. The summed E-state index contributed by atoms with van der Waals surface area (Å²) in [6.07, 6.45) is 4.61. The number of hydrogen-bond donors (Lipinski definition) is 2. The van der Waals surface area contributed by atoms with Crippen LogP contribution >= 0.6 is 15.9 Å². The molecule has 8 nitrogen and oxygen atoms in total. The van der Waals surface area contributed by atoms with Crippen LogP contribution < -0.4 is 11.1 Å². The summed E-state index contributed by atoms with van der Waals surface area (Å²) in [6, 6.07) is 0. The molecule has 0 unspecified atom stereocenters. The van der Waals surface area contributed by atoms with E-state index in [1.54, 1.807) is 19.4 Å². The molecule has 0 bridgehead atoms. The van der Waals surface area contributed by atoms with Crippen LogP contribution in [0.5, 0.6) is 0 Å². The molecule has 100 valence electrons. The number of carbonyl (C=O) groups is 2. The molecule has 0 saturated heterocycles. The number of rotatable bonds is 4. The van der Waals surface area contributed by atoms with Crippen LogP contribution in [0.3, 0.4) is 0 Å². The molecule has 19 heavy (non-hydrogen) atoms. The van der Waals surface area contributed by atoms with Crippen molar-refractivity contribution < 1.29 is 9.59 Å². The smallest absolute Gasteiger partial charge is 0.269 e. The third-order valence-electron chi connectivity index (χ3n) is 2.35. The molecule has 2 aromatic heterocycles. The van der Waals surface area contributed by atoms with Crippen LogP contribution in [0.4, 0.5) is 5.69 Å². The van der Waals surface area contributed by atoms with E-state index in [9.17, 15) is 9.59 Å². The highest BCUT2D eigenvalue weighted by Gasteiger charge is 2.16. The molecule has 0 aliphatic carbocycles. The van der Waals surface area contributed by atoms with Crippen molar-refractivity contribution in [2.75, 3.05) is 5.32 Å². The number of hydrogen-bond acceptors (Lipinski definition) is 4. The summed E-state index contributed by atoms with van der Waals surface area (Å²) in [6.45, 7) is 0.0265. The Morgan fingerprint density at radius 1 is 1.42 bits per heavy atom. The lowest BCUT2D eigenvalue weighted by atomic mass is 10.3. The van der Waals surface area contributed by atoms with Crippen LogP contribution in [0.25, 0.3) is 0 Å². The zero-order valence-corrected chi connectivity index (χ0v) is 11.6. The lowest BCUT2D eigenvalue weighted by molar-refractivity contribution is -0.116. The molecule has 0 aliphatic heterocycles. The first-order valence-electron chi connectivity index (χ1n) is 5.27. The minimum atomic E-state index is -0.655. The third kappa shape index (κ3) is 2.99. The number of nitrogens with zero attached hydrogens (tertiary/aromatic N) is 4. The predicted molar refractivity (Wildman–Crippen MR) is 70.3 cm³/mol. The van der Waals surface area contributed by atoms with Gasteiger partial charge in [0.25, 0.3) is 5.91 Å². The molecule has 0 atom stereocenters. The second-order valence-electron chi connectivity index (χ2n) is 3.80. The van der Waals surface area contributed by atoms with Crippen LogP contribution in [0, 0.1) is 0 Å². The van der Waals surface area contributed by atoms with Gasteiger partial charge in [0, 0.05) is 13.2 Å². The SMILES string of the molecule is Cn1ncc(NC(=O)Cn2cc(Br)cn2)c1C(N)=O. The normalized spacial score (nSPS) is 10.4. The van der Waals surface area contributed by atoms with Gasteiger partial charge in [0.05, 0.1) is 22.6 Å². The highest BCUT2D eigenvalue weighted by molar-refractivity contribution is 9.10. The van der Waals surface area contributed by atoms with Gasteiger partial charge in [0.15, 0.2) is 0 Å². The quantitative estimate of drug-likeness (QED) is 0.831.